The van der Waals surface area contributed by atoms with Crippen molar-refractivity contribution in [2.24, 2.45) is 0 Å². The summed E-state index contributed by atoms with van der Waals surface area (Å²) >= 11 is 0.834. The van der Waals surface area contributed by atoms with Gasteiger partial charge < -0.3 is 14.6 Å². The van der Waals surface area contributed by atoms with Crippen LogP contribution >= 0.6 is 11.3 Å². The molecule has 0 aliphatic carbocycles. The molecule has 7 nitrogen and oxygen atoms in total. The molecule has 0 fully saturated rings. The van der Waals surface area contributed by atoms with Crippen LogP contribution in [0.4, 0.5) is 4.39 Å². The summed E-state index contributed by atoms with van der Waals surface area (Å²) in [6.07, 6.45) is -0.720. The Labute approximate surface area is 154 Å². The van der Waals surface area contributed by atoms with Gasteiger partial charge in [-0.2, -0.15) is 4.31 Å². The highest BCUT2D eigenvalue weighted by atomic mass is 32.2. The molecule has 0 aliphatic heterocycles. The second kappa shape index (κ2) is 8.69. The number of benzene rings is 1. The van der Waals surface area contributed by atoms with E-state index in [1.807, 2.05) is 0 Å². The van der Waals surface area contributed by atoms with E-state index >= 15 is 0 Å². The first-order chi connectivity index (χ1) is 12.3. The normalized spacial score (nSPS) is 13.1. The van der Waals surface area contributed by atoms with Crippen LogP contribution < -0.4 is 0 Å². The maximum absolute atomic E-state index is 13.1. The predicted molar refractivity (Wildman–Crippen MR) is 93.2 cm³/mol. The van der Waals surface area contributed by atoms with Crippen LogP contribution in [0.2, 0.25) is 0 Å². The number of sulfonamides is 1. The number of carboxylic acid groups (broad SMARTS) is 1. The number of halogens is 1. The molecule has 2 rings (SSSR count). The molecule has 0 spiro atoms. The first-order valence-electron chi connectivity index (χ1n) is 7.40. The maximum Gasteiger partial charge on any atom is 0.347 e. The highest BCUT2D eigenvalue weighted by Crippen LogP contribution is 2.27. The maximum atomic E-state index is 13.1. The monoisotopic (exact) mass is 403 g/mol. The van der Waals surface area contributed by atoms with E-state index < -0.39 is 27.9 Å². The molecule has 142 valence electrons. The Kier molecular flexibility index (Phi) is 6.84. The number of carboxylic acids is 1. The summed E-state index contributed by atoms with van der Waals surface area (Å²) in [4.78, 5) is 10.7. The highest BCUT2D eigenvalue weighted by molar-refractivity contribution is 7.89. The molecule has 1 unspecified atom stereocenters. The summed E-state index contributed by atoms with van der Waals surface area (Å²) in [6.45, 7) is -0.193. The van der Waals surface area contributed by atoms with Gasteiger partial charge >= 0.3 is 5.97 Å². The zero-order chi connectivity index (χ0) is 19.3. The molecular weight excluding hydrogens is 385 g/mol. The SMILES string of the molecule is COCOC(CN(C)S(=O)(=O)c1ccsc1C(=O)O)c1ccc(F)cc1. The first-order valence-corrected chi connectivity index (χ1v) is 9.72. The fraction of sp³-hybridized carbons (Fsp3) is 0.312. The van der Waals surface area contributed by atoms with Gasteiger partial charge in [-0.3, -0.25) is 0 Å². The molecule has 1 N–H and O–H groups in total. The average Bonchev–Trinajstić information content (AvgIpc) is 3.10. The van der Waals surface area contributed by atoms with Crippen LogP contribution in [0.15, 0.2) is 40.6 Å². The van der Waals surface area contributed by atoms with E-state index in [0.29, 0.717) is 5.56 Å². The third-order valence-corrected chi connectivity index (χ3v) is 6.46. The number of hydrogen-bond donors (Lipinski definition) is 1. The summed E-state index contributed by atoms with van der Waals surface area (Å²) in [5, 5.41) is 10.6. The van der Waals surface area contributed by atoms with Gasteiger partial charge in [0, 0.05) is 20.7 Å². The Bertz CT molecular complexity index is 850. The van der Waals surface area contributed by atoms with Crippen LogP contribution in [-0.2, 0) is 19.5 Å². The van der Waals surface area contributed by atoms with Crippen LogP contribution in [0.1, 0.15) is 21.3 Å². The Hall–Kier alpha value is -1.85. The molecule has 0 saturated heterocycles. The molecule has 0 bridgehead atoms. The lowest BCUT2D eigenvalue weighted by Crippen LogP contribution is -2.32. The van der Waals surface area contributed by atoms with Crippen molar-refractivity contribution in [1.82, 2.24) is 4.31 Å². The van der Waals surface area contributed by atoms with Crippen LogP contribution in [0, 0.1) is 5.82 Å². The van der Waals surface area contributed by atoms with Crippen molar-refractivity contribution < 1.29 is 32.2 Å². The van der Waals surface area contributed by atoms with Gasteiger partial charge in [0.25, 0.3) is 0 Å². The molecule has 0 radical (unpaired) electrons. The van der Waals surface area contributed by atoms with Gasteiger partial charge in [0.2, 0.25) is 10.0 Å². The largest absolute Gasteiger partial charge is 0.477 e. The van der Waals surface area contributed by atoms with Gasteiger partial charge in [0.15, 0.2) is 0 Å². The molecule has 1 aromatic carbocycles. The third kappa shape index (κ3) is 4.65. The minimum absolute atomic E-state index is 0.0885. The molecule has 1 atom stereocenters. The second-order valence-electron chi connectivity index (χ2n) is 5.32. The lowest BCUT2D eigenvalue weighted by atomic mass is 10.1. The van der Waals surface area contributed by atoms with E-state index in [2.05, 4.69) is 0 Å². The summed E-state index contributed by atoms with van der Waals surface area (Å²) < 4.78 is 50.0. The molecule has 0 saturated carbocycles. The molecular formula is C16H18FNO6S2. The van der Waals surface area contributed by atoms with Crippen molar-refractivity contribution in [3.05, 3.63) is 52.0 Å². The van der Waals surface area contributed by atoms with Crippen LogP contribution in [0.5, 0.6) is 0 Å². The fourth-order valence-electron chi connectivity index (χ4n) is 2.24. The number of nitrogens with zero attached hydrogens (tertiary/aromatic N) is 1. The van der Waals surface area contributed by atoms with Gasteiger partial charge in [0.05, 0.1) is 6.10 Å². The van der Waals surface area contributed by atoms with Crippen molar-refractivity contribution >= 4 is 27.3 Å². The Balaban J connectivity index is 2.27. The summed E-state index contributed by atoms with van der Waals surface area (Å²) in [5.41, 5.74) is 0.564. The van der Waals surface area contributed by atoms with Gasteiger partial charge in [-0.15, -0.1) is 11.3 Å². The van der Waals surface area contributed by atoms with Crippen LogP contribution in [0.3, 0.4) is 0 Å². The number of hydrogen-bond acceptors (Lipinski definition) is 6. The number of ether oxygens (including phenoxy) is 2. The van der Waals surface area contributed by atoms with Gasteiger partial charge in [-0.1, -0.05) is 12.1 Å². The van der Waals surface area contributed by atoms with E-state index in [0.717, 1.165) is 15.6 Å². The molecule has 2 aromatic rings. The quantitative estimate of drug-likeness (QED) is 0.647. The van der Waals surface area contributed by atoms with E-state index in [9.17, 15) is 17.6 Å². The summed E-state index contributed by atoms with van der Waals surface area (Å²) in [6, 6.07) is 6.72. The molecule has 26 heavy (non-hydrogen) atoms. The molecule has 1 heterocycles. The van der Waals surface area contributed by atoms with Crippen molar-refractivity contribution in [1.29, 1.82) is 0 Å². The smallest absolute Gasteiger partial charge is 0.347 e. The zero-order valence-electron chi connectivity index (χ0n) is 14.1. The first kappa shape index (κ1) is 20.5. The second-order valence-corrected chi connectivity index (χ2v) is 8.25. The van der Waals surface area contributed by atoms with E-state index in [-0.39, 0.29) is 23.1 Å². The van der Waals surface area contributed by atoms with E-state index in [1.165, 1.54) is 49.9 Å². The highest BCUT2D eigenvalue weighted by Gasteiger charge is 2.30. The third-order valence-electron chi connectivity index (χ3n) is 3.56. The lowest BCUT2D eigenvalue weighted by molar-refractivity contribution is -0.0763. The summed E-state index contributed by atoms with van der Waals surface area (Å²) in [7, 11) is -1.29. The Morgan fingerprint density at radius 2 is 1.96 bits per heavy atom. The van der Waals surface area contributed by atoms with Crippen molar-refractivity contribution in [3.8, 4) is 0 Å². The predicted octanol–water partition coefficient (Wildman–Crippen LogP) is 2.57. The number of carbonyl (C=O) groups is 1. The number of rotatable bonds is 9. The lowest BCUT2D eigenvalue weighted by Gasteiger charge is -2.24. The number of thiophene rings is 1. The summed E-state index contributed by atoms with van der Waals surface area (Å²) in [5.74, 6) is -1.73. The van der Waals surface area contributed by atoms with Crippen molar-refractivity contribution in [2.75, 3.05) is 27.5 Å². The molecule has 0 amide bonds. The van der Waals surface area contributed by atoms with E-state index in [4.69, 9.17) is 14.6 Å². The van der Waals surface area contributed by atoms with Gasteiger partial charge in [-0.25, -0.2) is 17.6 Å². The molecule has 1 aromatic heterocycles. The van der Waals surface area contributed by atoms with Crippen molar-refractivity contribution in [3.63, 3.8) is 0 Å². The van der Waals surface area contributed by atoms with Crippen LogP contribution in [0.25, 0.3) is 0 Å². The number of likely N-dealkylation sites (N-methyl/N-ethyl adjacent to an activating group) is 1. The number of aromatic carboxylic acids is 1. The zero-order valence-corrected chi connectivity index (χ0v) is 15.7. The Morgan fingerprint density at radius 1 is 1.31 bits per heavy atom. The Morgan fingerprint density at radius 3 is 2.54 bits per heavy atom. The molecule has 0 aliphatic rings. The fourth-order valence-corrected chi connectivity index (χ4v) is 4.64. The minimum Gasteiger partial charge on any atom is -0.477 e. The topological polar surface area (TPSA) is 93.1 Å². The van der Waals surface area contributed by atoms with Crippen molar-refractivity contribution in [2.45, 2.75) is 11.0 Å². The van der Waals surface area contributed by atoms with Gasteiger partial charge in [0.1, 0.15) is 22.4 Å². The minimum atomic E-state index is -4.04. The standard InChI is InChI=1S/C16H18FNO6S2/c1-18(26(21,22)14-7-8-25-15(14)16(19)20)9-13(24-10-23-2)11-3-5-12(17)6-4-11/h3-8,13H,9-10H2,1-2H3,(H,19,20). The number of methoxy groups -OCH3 is 1. The van der Waals surface area contributed by atoms with E-state index in [1.54, 1.807) is 0 Å². The van der Waals surface area contributed by atoms with Gasteiger partial charge in [-0.05, 0) is 29.1 Å². The average molecular weight is 403 g/mol. The molecule has 10 heteroatoms. The van der Waals surface area contributed by atoms with Crippen LogP contribution in [-0.4, -0.2) is 51.3 Å².